The molecular weight excluding hydrogens is 168 g/mol. The first-order valence-corrected chi connectivity index (χ1v) is 4.56. The van der Waals surface area contributed by atoms with E-state index < -0.39 is 21.2 Å². The van der Waals surface area contributed by atoms with Gasteiger partial charge in [-0.3, -0.25) is 9.35 Å². The van der Waals surface area contributed by atoms with Gasteiger partial charge in [-0.05, 0) is 12.5 Å². The van der Waals surface area contributed by atoms with Crippen molar-refractivity contribution in [3.8, 4) is 0 Å². The number of rotatable bonds is 4. The van der Waals surface area contributed by atoms with Crippen molar-refractivity contribution in [3.05, 3.63) is 12.7 Å². The lowest BCUT2D eigenvalue weighted by Gasteiger charge is -2.05. The summed E-state index contributed by atoms with van der Waals surface area (Å²) in [5.41, 5.74) is 0. The van der Waals surface area contributed by atoms with Crippen LogP contribution in [-0.4, -0.2) is 24.0 Å². The summed E-state index contributed by atoms with van der Waals surface area (Å²) in [5.74, 6) is -0.671. The largest absolute Gasteiger partial charge is 0.293 e. The van der Waals surface area contributed by atoms with Gasteiger partial charge in [-0.25, -0.2) is 0 Å². The van der Waals surface area contributed by atoms with Gasteiger partial charge in [-0.15, -0.1) is 0 Å². The molecule has 5 heteroatoms. The normalized spacial score (nSPS) is 14.0. The van der Waals surface area contributed by atoms with E-state index in [9.17, 15) is 13.2 Å². The van der Waals surface area contributed by atoms with Crippen LogP contribution in [0, 0.1) is 0 Å². The highest BCUT2D eigenvalue weighted by Gasteiger charge is 2.26. The minimum atomic E-state index is -4.25. The van der Waals surface area contributed by atoms with Crippen LogP contribution in [-0.2, 0) is 14.9 Å². The van der Waals surface area contributed by atoms with E-state index in [2.05, 4.69) is 6.58 Å². The molecule has 1 N–H and O–H groups in total. The summed E-state index contributed by atoms with van der Waals surface area (Å²) in [4.78, 5) is 10.7. The topological polar surface area (TPSA) is 71.4 Å². The number of carbonyl (C=O) groups excluding carboxylic acids is 1. The van der Waals surface area contributed by atoms with Crippen molar-refractivity contribution in [2.45, 2.75) is 18.6 Å². The summed E-state index contributed by atoms with van der Waals surface area (Å²) < 4.78 is 29.4. The van der Waals surface area contributed by atoms with Crippen LogP contribution < -0.4 is 0 Å². The predicted octanol–water partition coefficient (Wildman–Crippen LogP) is 0.408. The molecule has 0 bridgehead atoms. The van der Waals surface area contributed by atoms with E-state index in [0.29, 0.717) is 0 Å². The third-order valence-electron chi connectivity index (χ3n) is 1.25. The predicted molar refractivity (Wildman–Crippen MR) is 40.8 cm³/mol. The molecule has 1 unspecified atom stereocenters. The van der Waals surface area contributed by atoms with Gasteiger partial charge in [-0.2, -0.15) is 8.42 Å². The zero-order valence-corrected chi connectivity index (χ0v) is 6.97. The van der Waals surface area contributed by atoms with Gasteiger partial charge in [0.2, 0.25) is 0 Å². The van der Waals surface area contributed by atoms with E-state index in [0.717, 1.165) is 6.08 Å². The second-order valence-electron chi connectivity index (χ2n) is 2.02. The summed E-state index contributed by atoms with van der Waals surface area (Å²) >= 11 is 0. The van der Waals surface area contributed by atoms with Crippen LogP contribution in [0.5, 0.6) is 0 Å². The average Bonchev–Trinajstić information content (AvgIpc) is 1.86. The minimum Gasteiger partial charge on any atom is -0.293 e. The highest BCUT2D eigenvalue weighted by Crippen LogP contribution is 2.05. The molecule has 0 radical (unpaired) electrons. The Labute approximate surface area is 65.7 Å². The van der Waals surface area contributed by atoms with Crippen LogP contribution in [0.15, 0.2) is 12.7 Å². The third kappa shape index (κ3) is 2.81. The van der Waals surface area contributed by atoms with Gasteiger partial charge in [0.25, 0.3) is 10.1 Å². The minimum absolute atomic E-state index is 0.0592. The molecule has 0 heterocycles. The molecule has 0 saturated carbocycles. The van der Waals surface area contributed by atoms with Gasteiger partial charge < -0.3 is 0 Å². The molecule has 64 valence electrons. The maximum atomic E-state index is 10.7. The van der Waals surface area contributed by atoms with Gasteiger partial charge in [0, 0.05) is 0 Å². The molecule has 11 heavy (non-hydrogen) atoms. The fraction of sp³-hybridized carbons (Fsp3) is 0.500. The van der Waals surface area contributed by atoms with Crippen molar-refractivity contribution in [2.24, 2.45) is 0 Å². The second-order valence-corrected chi connectivity index (χ2v) is 3.62. The number of hydrogen-bond donors (Lipinski definition) is 1. The maximum absolute atomic E-state index is 10.7. The Morgan fingerprint density at radius 2 is 2.18 bits per heavy atom. The quantitative estimate of drug-likeness (QED) is 0.500. The van der Waals surface area contributed by atoms with E-state index >= 15 is 0 Å². The third-order valence-corrected chi connectivity index (χ3v) is 2.53. The molecule has 0 aliphatic rings. The summed E-state index contributed by atoms with van der Waals surface area (Å²) in [6.45, 7) is 4.62. The summed E-state index contributed by atoms with van der Waals surface area (Å²) in [5, 5.41) is -1.35. The van der Waals surface area contributed by atoms with Crippen LogP contribution in [0.25, 0.3) is 0 Å². The SMILES string of the molecule is C=CC(=O)C(CC)S(=O)(=O)O. The van der Waals surface area contributed by atoms with E-state index in [-0.39, 0.29) is 6.42 Å². The molecule has 0 aromatic heterocycles. The molecule has 0 aromatic carbocycles. The number of carbonyl (C=O) groups is 1. The Balaban J connectivity index is 4.70. The molecule has 0 saturated heterocycles. The standard InChI is InChI=1S/C6H10O4S/c1-3-5(7)6(4-2)11(8,9)10/h3,6H,1,4H2,2H3,(H,8,9,10). The first-order valence-electron chi connectivity index (χ1n) is 3.06. The molecule has 0 aliphatic heterocycles. The fourth-order valence-corrected chi connectivity index (χ4v) is 1.50. The van der Waals surface area contributed by atoms with E-state index in [1.807, 2.05) is 0 Å². The van der Waals surface area contributed by atoms with Crippen molar-refractivity contribution in [2.75, 3.05) is 0 Å². The summed E-state index contributed by atoms with van der Waals surface area (Å²) in [6.07, 6.45) is 0.950. The molecule has 0 aromatic rings. The number of hydrogen-bond acceptors (Lipinski definition) is 3. The van der Waals surface area contributed by atoms with Crippen LogP contribution in [0.4, 0.5) is 0 Å². The molecule has 0 aliphatic carbocycles. The van der Waals surface area contributed by atoms with E-state index in [1.165, 1.54) is 6.92 Å². The monoisotopic (exact) mass is 178 g/mol. The second kappa shape index (κ2) is 3.64. The highest BCUT2D eigenvalue weighted by atomic mass is 32.2. The van der Waals surface area contributed by atoms with Gasteiger partial charge in [0.1, 0.15) is 5.25 Å². The van der Waals surface area contributed by atoms with Crippen LogP contribution >= 0.6 is 0 Å². The van der Waals surface area contributed by atoms with Crippen molar-refractivity contribution in [1.82, 2.24) is 0 Å². The van der Waals surface area contributed by atoms with Crippen molar-refractivity contribution >= 4 is 15.9 Å². The van der Waals surface area contributed by atoms with Crippen LogP contribution in [0.1, 0.15) is 13.3 Å². The lowest BCUT2D eigenvalue weighted by molar-refractivity contribution is -0.114. The van der Waals surface area contributed by atoms with Gasteiger partial charge >= 0.3 is 0 Å². The molecule has 4 nitrogen and oxygen atoms in total. The first-order chi connectivity index (χ1) is 4.93. The Morgan fingerprint density at radius 1 is 1.73 bits per heavy atom. The Kier molecular flexibility index (Phi) is 3.41. The van der Waals surface area contributed by atoms with Crippen LogP contribution in [0.3, 0.4) is 0 Å². The van der Waals surface area contributed by atoms with Crippen LogP contribution in [0.2, 0.25) is 0 Å². The summed E-state index contributed by atoms with van der Waals surface area (Å²) in [6, 6.07) is 0. The van der Waals surface area contributed by atoms with E-state index in [4.69, 9.17) is 4.55 Å². The van der Waals surface area contributed by atoms with Gasteiger partial charge in [0.05, 0.1) is 0 Å². The molecule has 0 spiro atoms. The first kappa shape index (κ1) is 10.3. The fourth-order valence-electron chi connectivity index (χ4n) is 0.690. The molecule has 0 rings (SSSR count). The zero-order chi connectivity index (χ0) is 9.07. The smallest absolute Gasteiger partial charge is 0.275 e. The Bertz CT molecular complexity index is 252. The number of ketones is 1. The van der Waals surface area contributed by atoms with Crippen molar-refractivity contribution < 1.29 is 17.8 Å². The number of allylic oxidation sites excluding steroid dienone is 1. The van der Waals surface area contributed by atoms with Gasteiger partial charge in [-0.1, -0.05) is 13.5 Å². The molecule has 0 fully saturated rings. The van der Waals surface area contributed by atoms with Crippen molar-refractivity contribution in [3.63, 3.8) is 0 Å². The summed E-state index contributed by atoms with van der Waals surface area (Å²) in [7, 11) is -4.25. The highest BCUT2D eigenvalue weighted by molar-refractivity contribution is 7.87. The lowest BCUT2D eigenvalue weighted by Crippen LogP contribution is -2.27. The maximum Gasteiger partial charge on any atom is 0.275 e. The Hall–Kier alpha value is -0.680. The molecule has 1 atom stereocenters. The lowest BCUT2D eigenvalue weighted by atomic mass is 10.2. The van der Waals surface area contributed by atoms with Gasteiger partial charge in [0.15, 0.2) is 5.78 Å². The zero-order valence-electron chi connectivity index (χ0n) is 6.15. The Morgan fingerprint density at radius 3 is 2.27 bits per heavy atom. The molecule has 0 amide bonds. The molecular formula is C6H10O4S. The van der Waals surface area contributed by atoms with E-state index in [1.54, 1.807) is 0 Å². The average molecular weight is 178 g/mol. The van der Waals surface area contributed by atoms with Crippen molar-refractivity contribution in [1.29, 1.82) is 0 Å².